The minimum atomic E-state index is -0.878. The number of carboxylic acid groups (broad SMARTS) is 1. The molecule has 1 aliphatic carbocycles. The molecule has 0 aromatic heterocycles. The van der Waals surface area contributed by atoms with E-state index in [4.69, 9.17) is 16.7 Å². The number of carbonyl (C=O) groups is 1. The Labute approximate surface area is 217 Å². The molecule has 0 atom stereocenters. The Bertz CT molecular complexity index is 957. The zero-order valence-corrected chi connectivity index (χ0v) is 23.2. The van der Waals surface area contributed by atoms with Gasteiger partial charge in [0.15, 0.2) is 0 Å². The molecule has 1 N–H and O–H groups in total. The summed E-state index contributed by atoms with van der Waals surface area (Å²) in [5.41, 5.74) is 6.17. The second-order valence-electron chi connectivity index (χ2n) is 9.55. The van der Waals surface area contributed by atoms with E-state index in [0.717, 1.165) is 56.3 Å². The van der Waals surface area contributed by atoms with Gasteiger partial charge in [0.05, 0.1) is 5.56 Å². The van der Waals surface area contributed by atoms with Gasteiger partial charge in [-0.25, -0.2) is 4.79 Å². The van der Waals surface area contributed by atoms with Gasteiger partial charge in [0, 0.05) is 43.4 Å². The van der Waals surface area contributed by atoms with Crippen LogP contribution in [0.3, 0.4) is 0 Å². The highest BCUT2D eigenvalue weighted by molar-refractivity contribution is 6.30. The lowest BCUT2D eigenvalue weighted by Crippen LogP contribution is -2.47. The highest BCUT2D eigenvalue weighted by atomic mass is 35.5. The molecule has 2 aromatic carbocycles. The Morgan fingerprint density at radius 3 is 2.03 bits per heavy atom. The Hall–Kier alpha value is -2.30. The van der Waals surface area contributed by atoms with Crippen LogP contribution in [0.4, 0.5) is 5.69 Å². The summed E-state index contributed by atoms with van der Waals surface area (Å²) in [6.07, 6.45) is 3.48. The number of allylic oxidation sites excluding steroid dienone is 1. The Morgan fingerprint density at radius 1 is 0.914 bits per heavy atom. The van der Waals surface area contributed by atoms with Gasteiger partial charge in [-0.1, -0.05) is 70.8 Å². The summed E-state index contributed by atoms with van der Waals surface area (Å²) in [6.45, 7) is 17.7. The molecular formula is C30H43ClN2O2. The molecule has 0 radical (unpaired) electrons. The van der Waals surface area contributed by atoms with Crippen LogP contribution in [0.1, 0.15) is 76.7 Å². The summed E-state index contributed by atoms with van der Waals surface area (Å²) in [5, 5.41) is 9.89. The first-order chi connectivity index (χ1) is 16.8. The van der Waals surface area contributed by atoms with Crippen molar-refractivity contribution >= 4 is 28.8 Å². The molecule has 35 heavy (non-hydrogen) atoms. The second kappa shape index (κ2) is 13.7. The monoisotopic (exact) mass is 498 g/mol. The standard InChI is InChI=1S/C26H31ClN2O2.2C2H6/c1-26(2)12-11-24(19-3-7-22(27)8-4-19)21(17-26)18-28-13-15-29(16-14-28)23-9-5-20(6-10-23)25(30)31;2*1-2/h3-10H,11-18H2,1-2H3,(H,30,31);2*1-2H3. The van der Waals surface area contributed by atoms with Crippen molar-refractivity contribution in [3.8, 4) is 0 Å². The molecule has 1 saturated heterocycles. The summed E-state index contributed by atoms with van der Waals surface area (Å²) >= 11 is 6.12. The number of nitrogens with zero attached hydrogens (tertiary/aromatic N) is 2. The third kappa shape index (κ3) is 8.12. The fourth-order valence-electron chi connectivity index (χ4n) is 4.81. The minimum Gasteiger partial charge on any atom is -0.478 e. The maximum absolute atomic E-state index is 11.1. The average molecular weight is 499 g/mol. The predicted octanol–water partition coefficient (Wildman–Crippen LogP) is 7.88. The molecule has 1 heterocycles. The van der Waals surface area contributed by atoms with Crippen molar-refractivity contribution < 1.29 is 9.90 Å². The van der Waals surface area contributed by atoms with Gasteiger partial charge in [0.2, 0.25) is 0 Å². The van der Waals surface area contributed by atoms with E-state index in [1.165, 1.54) is 17.6 Å². The number of anilines is 1. The molecule has 0 bridgehead atoms. The molecule has 5 heteroatoms. The lowest BCUT2D eigenvalue weighted by atomic mass is 9.73. The number of benzene rings is 2. The normalized spacial score (nSPS) is 17.6. The van der Waals surface area contributed by atoms with Crippen LogP contribution in [-0.2, 0) is 0 Å². The third-order valence-corrected chi connectivity index (χ3v) is 6.88. The van der Waals surface area contributed by atoms with Gasteiger partial charge in [0.1, 0.15) is 0 Å². The molecule has 2 aromatic rings. The third-order valence-electron chi connectivity index (χ3n) is 6.63. The second-order valence-corrected chi connectivity index (χ2v) is 9.98. The van der Waals surface area contributed by atoms with Crippen LogP contribution in [0.2, 0.25) is 5.02 Å². The Kier molecular flexibility index (Phi) is 11.3. The number of halogens is 1. The highest BCUT2D eigenvalue weighted by Crippen LogP contribution is 2.42. The lowest BCUT2D eigenvalue weighted by molar-refractivity contribution is 0.0697. The van der Waals surface area contributed by atoms with Crippen molar-refractivity contribution in [2.75, 3.05) is 37.6 Å². The fourth-order valence-corrected chi connectivity index (χ4v) is 4.94. The van der Waals surface area contributed by atoms with Crippen LogP contribution in [0.25, 0.3) is 5.57 Å². The zero-order chi connectivity index (χ0) is 26.0. The van der Waals surface area contributed by atoms with Crippen LogP contribution in [-0.4, -0.2) is 48.7 Å². The fraction of sp³-hybridized carbons (Fsp3) is 0.500. The number of hydrogen-bond acceptors (Lipinski definition) is 3. The van der Waals surface area contributed by atoms with Crippen LogP contribution in [0.5, 0.6) is 0 Å². The van der Waals surface area contributed by atoms with Crippen molar-refractivity contribution in [1.29, 1.82) is 0 Å². The van der Waals surface area contributed by atoms with Crippen LogP contribution < -0.4 is 4.90 Å². The number of hydrogen-bond donors (Lipinski definition) is 1. The summed E-state index contributed by atoms with van der Waals surface area (Å²) in [4.78, 5) is 16.0. The Balaban J connectivity index is 0.00000103. The van der Waals surface area contributed by atoms with E-state index >= 15 is 0 Å². The summed E-state index contributed by atoms with van der Waals surface area (Å²) in [6, 6.07) is 15.5. The average Bonchev–Trinajstić information content (AvgIpc) is 2.87. The van der Waals surface area contributed by atoms with E-state index < -0.39 is 5.97 Å². The quantitative estimate of drug-likeness (QED) is 0.455. The van der Waals surface area contributed by atoms with Crippen LogP contribution in [0.15, 0.2) is 54.1 Å². The van der Waals surface area contributed by atoms with E-state index in [1.807, 2.05) is 52.0 Å². The first-order valence-electron chi connectivity index (χ1n) is 13.1. The van der Waals surface area contributed by atoms with E-state index in [9.17, 15) is 4.79 Å². The maximum Gasteiger partial charge on any atom is 0.335 e. The van der Waals surface area contributed by atoms with E-state index in [-0.39, 0.29) is 0 Å². The molecular weight excluding hydrogens is 456 g/mol. The van der Waals surface area contributed by atoms with Crippen molar-refractivity contribution in [3.63, 3.8) is 0 Å². The summed E-state index contributed by atoms with van der Waals surface area (Å²) in [7, 11) is 0. The molecule has 0 amide bonds. The van der Waals surface area contributed by atoms with Crippen LogP contribution in [0, 0.1) is 5.41 Å². The zero-order valence-electron chi connectivity index (χ0n) is 22.4. The van der Waals surface area contributed by atoms with Crippen LogP contribution >= 0.6 is 11.6 Å². The van der Waals surface area contributed by atoms with Gasteiger partial charge >= 0.3 is 5.97 Å². The highest BCUT2D eigenvalue weighted by Gasteiger charge is 2.29. The number of piperazine rings is 1. The molecule has 4 rings (SSSR count). The van der Waals surface area contributed by atoms with E-state index in [0.29, 0.717) is 11.0 Å². The first-order valence-corrected chi connectivity index (χ1v) is 13.5. The number of aromatic carboxylic acids is 1. The minimum absolute atomic E-state index is 0.337. The van der Waals surface area contributed by atoms with Crippen molar-refractivity contribution in [1.82, 2.24) is 4.90 Å². The molecule has 1 aliphatic heterocycles. The smallest absolute Gasteiger partial charge is 0.335 e. The lowest BCUT2D eigenvalue weighted by Gasteiger charge is -2.39. The molecule has 1 fully saturated rings. The van der Waals surface area contributed by atoms with Gasteiger partial charge in [-0.15, -0.1) is 0 Å². The van der Waals surface area contributed by atoms with Gasteiger partial charge in [-0.2, -0.15) is 0 Å². The van der Waals surface area contributed by atoms with E-state index in [1.54, 1.807) is 17.7 Å². The van der Waals surface area contributed by atoms with Gasteiger partial charge < -0.3 is 10.0 Å². The summed E-state index contributed by atoms with van der Waals surface area (Å²) < 4.78 is 0. The van der Waals surface area contributed by atoms with Gasteiger partial charge in [-0.05, 0) is 72.2 Å². The number of carboxylic acids is 1. The van der Waals surface area contributed by atoms with E-state index in [2.05, 4.69) is 35.8 Å². The van der Waals surface area contributed by atoms with Crippen molar-refractivity contribution in [2.24, 2.45) is 5.41 Å². The molecule has 0 saturated carbocycles. The van der Waals surface area contributed by atoms with Crippen molar-refractivity contribution in [2.45, 2.75) is 60.8 Å². The largest absolute Gasteiger partial charge is 0.478 e. The SMILES string of the molecule is CC.CC.CC1(C)CCC(c2ccc(Cl)cc2)=C(CN2CCN(c3ccc(C(=O)O)cc3)CC2)C1. The molecule has 4 nitrogen and oxygen atoms in total. The number of rotatable bonds is 5. The predicted molar refractivity (Wildman–Crippen MR) is 151 cm³/mol. The summed E-state index contributed by atoms with van der Waals surface area (Å²) in [5.74, 6) is -0.878. The maximum atomic E-state index is 11.1. The Morgan fingerprint density at radius 2 is 1.49 bits per heavy atom. The van der Waals surface area contributed by atoms with Crippen molar-refractivity contribution in [3.05, 3.63) is 70.3 Å². The molecule has 192 valence electrons. The first kappa shape index (κ1) is 28.9. The molecule has 2 aliphatic rings. The van der Waals surface area contributed by atoms with Gasteiger partial charge in [0.25, 0.3) is 0 Å². The topological polar surface area (TPSA) is 43.8 Å². The molecule has 0 unspecified atom stereocenters. The molecule has 0 spiro atoms. The van der Waals surface area contributed by atoms with Gasteiger partial charge in [-0.3, -0.25) is 4.90 Å².